The van der Waals surface area contributed by atoms with Crippen molar-refractivity contribution in [2.75, 3.05) is 48.5 Å². The van der Waals surface area contributed by atoms with E-state index in [1.165, 1.54) is 22.3 Å². The number of nitrogens with zero attached hydrogens (tertiary/aromatic N) is 2. The smallest absolute Gasteiger partial charge is 0.169 e. The van der Waals surface area contributed by atoms with Gasteiger partial charge in [0, 0.05) is 25.2 Å². The lowest BCUT2D eigenvalue weighted by Crippen LogP contribution is -2.33. The van der Waals surface area contributed by atoms with Gasteiger partial charge in [0.1, 0.15) is 5.75 Å². The minimum atomic E-state index is 0.0514. The standard InChI is InChI=1S/C37H42N2O6/c1-38-15-13-26-20-36(44-5)37(22-29(26)30(38)16-23-6-9-27(42-3)10-7-23)45-35-18-24(8-11-32(35)40)17-31-28-21-33(41)34(43-4)19-25(28)12-14-39(31)2/h6-11,18-22,30-31,40-41H,12-17H2,1-5H3/t30-,31+/m0/s1. The number of fused-ring (bicyclic) bond motifs is 2. The Kier molecular flexibility index (Phi) is 8.79. The summed E-state index contributed by atoms with van der Waals surface area (Å²) < 4.78 is 23.0. The molecule has 0 amide bonds. The zero-order chi connectivity index (χ0) is 31.7. The topological polar surface area (TPSA) is 83.9 Å². The lowest BCUT2D eigenvalue weighted by molar-refractivity contribution is 0.227. The van der Waals surface area contributed by atoms with E-state index in [1.807, 2.05) is 36.4 Å². The zero-order valence-corrected chi connectivity index (χ0v) is 26.7. The fraction of sp³-hybridized carbons (Fsp3) is 0.351. The number of phenols is 2. The van der Waals surface area contributed by atoms with Crippen molar-refractivity contribution in [3.05, 3.63) is 100 Å². The number of phenolic OH excluding ortho intramolecular Hbond substituents is 2. The zero-order valence-electron chi connectivity index (χ0n) is 26.7. The van der Waals surface area contributed by atoms with Gasteiger partial charge in [-0.1, -0.05) is 18.2 Å². The first kappa shape index (κ1) is 30.6. The highest BCUT2D eigenvalue weighted by Crippen LogP contribution is 2.44. The Morgan fingerprint density at radius 1 is 0.600 bits per heavy atom. The van der Waals surface area contributed by atoms with Crippen molar-refractivity contribution in [3.63, 3.8) is 0 Å². The normalized spacial score (nSPS) is 18.2. The summed E-state index contributed by atoms with van der Waals surface area (Å²) in [5.41, 5.74) is 6.94. The Balaban J connectivity index is 1.29. The minimum Gasteiger partial charge on any atom is -0.504 e. The van der Waals surface area contributed by atoms with Crippen LogP contribution in [-0.2, 0) is 25.7 Å². The van der Waals surface area contributed by atoms with Gasteiger partial charge in [-0.3, -0.25) is 9.80 Å². The highest BCUT2D eigenvalue weighted by molar-refractivity contribution is 5.54. The van der Waals surface area contributed by atoms with E-state index in [1.54, 1.807) is 27.4 Å². The van der Waals surface area contributed by atoms with E-state index in [0.717, 1.165) is 49.2 Å². The molecule has 0 unspecified atom stereocenters. The van der Waals surface area contributed by atoms with Crippen LogP contribution in [-0.4, -0.2) is 68.5 Å². The third-order valence-electron chi connectivity index (χ3n) is 9.38. The highest BCUT2D eigenvalue weighted by Gasteiger charge is 2.29. The van der Waals surface area contributed by atoms with Gasteiger partial charge in [0.25, 0.3) is 0 Å². The van der Waals surface area contributed by atoms with Crippen LogP contribution in [0, 0.1) is 0 Å². The van der Waals surface area contributed by atoms with Crippen molar-refractivity contribution in [2.45, 2.75) is 37.8 Å². The molecule has 2 N–H and O–H groups in total. The molecule has 2 aliphatic rings. The number of aromatic hydroxyl groups is 2. The Bertz CT molecular complexity index is 1670. The molecular formula is C37H42N2O6. The molecule has 0 bridgehead atoms. The Morgan fingerprint density at radius 2 is 1.18 bits per heavy atom. The van der Waals surface area contributed by atoms with Gasteiger partial charge >= 0.3 is 0 Å². The number of rotatable bonds is 9. The quantitative estimate of drug-likeness (QED) is 0.224. The summed E-state index contributed by atoms with van der Waals surface area (Å²) in [7, 11) is 9.16. The molecule has 4 aromatic rings. The van der Waals surface area contributed by atoms with E-state index >= 15 is 0 Å². The fourth-order valence-electron chi connectivity index (χ4n) is 6.71. The average Bonchev–Trinajstić information content (AvgIpc) is 3.05. The Morgan fingerprint density at radius 3 is 1.80 bits per heavy atom. The maximum absolute atomic E-state index is 10.9. The number of hydrogen-bond acceptors (Lipinski definition) is 8. The monoisotopic (exact) mass is 610 g/mol. The van der Waals surface area contributed by atoms with E-state index in [2.05, 4.69) is 48.2 Å². The van der Waals surface area contributed by atoms with Crippen LogP contribution in [0.2, 0.25) is 0 Å². The molecule has 2 heterocycles. The number of methoxy groups -OCH3 is 3. The summed E-state index contributed by atoms with van der Waals surface area (Å²) in [5, 5.41) is 21.4. The summed E-state index contributed by atoms with van der Waals surface area (Å²) in [6.07, 6.45) is 3.33. The van der Waals surface area contributed by atoms with Gasteiger partial charge in [-0.05, 0) is 122 Å². The van der Waals surface area contributed by atoms with Gasteiger partial charge in [-0.25, -0.2) is 0 Å². The van der Waals surface area contributed by atoms with Crippen LogP contribution >= 0.6 is 0 Å². The predicted octanol–water partition coefficient (Wildman–Crippen LogP) is 6.46. The molecule has 0 saturated heterocycles. The molecule has 6 rings (SSSR count). The van der Waals surface area contributed by atoms with Crippen molar-refractivity contribution in [2.24, 2.45) is 0 Å². The number of ether oxygens (including phenoxy) is 4. The van der Waals surface area contributed by atoms with E-state index in [9.17, 15) is 10.2 Å². The Labute approximate surface area is 265 Å². The van der Waals surface area contributed by atoms with Crippen LogP contribution in [0.4, 0.5) is 0 Å². The molecule has 0 spiro atoms. The van der Waals surface area contributed by atoms with Crippen molar-refractivity contribution in [3.8, 4) is 40.2 Å². The van der Waals surface area contributed by atoms with E-state index in [0.29, 0.717) is 29.4 Å². The third kappa shape index (κ3) is 6.26. The van der Waals surface area contributed by atoms with Crippen LogP contribution in [0.25, 0.3) is 0 Å². The second-order valence-corrected chi connectivity index (χ2v) is 12.1. The molecule has 0 fully saturated rings. The second kappa shape index (κ2) is 12.9. The molecule has 0 saturated carbocycles. The molecule has 0 aromatic heterocycles. The average molecular weight is 611 g/mol. The maximum Gasteiger partial charge on any atom is 0.169 e. The van der Waals surface area contributed by atoms with Crippen molar-refractivity contribution >= 4 is 0 Å². The molecule has 2 aliphatic heterocycles. The molecule has 4 aromatic carbocycles. The molecule has 8 heteroatoms. The highest BCUT2D eigenvalue weighted by atomic mass is 16.5. The summed E-state index contributed by atoms with van der Waals surface area (Å²) in [6, 6.07) is 21.9. The largest absolute Gasteiger partial charge is 0.504 e. The first-order valence-electron chi connectivity index (χ1n) is 15.4. The van der Waals surface area contributed by atoms with Crippen LogP contribution in [0.15, 0.2) is 66.7 Å². The van der Waals surface area contributed by atoms with Crippen LogP contribution in [0.3, 0.4) is 0 Å². The molecule has 236 valence electrons. The third-order valence-corrected chi connectivity index (χ3v) is 9.38. The predicted molar refractivity (Wildman–Crippen MR) is 174 cm³/mol. The van der Waals surface area contributed by atoms with E-state index in [-0.39, 0.29) is 23.6 Å². The van der Waals surface area contributed by atoms with Gasteiger partial charge in [0.2, 0.25) is 0 Å². The molecule has 8 nitrogen and oxygen atoms in total. The lowest BCUT2D eigenvalue weighted by Gasteiger charge is -2.35. The first-order chi connectivity index (χ1) is 21.8. The first-order valence-corrected chi connectivity index (χ1v) is 15.4. The van der Waals surface area contributed by atoms with Gasteiger partial charge < -0.3 is 29.2 Å². The lowest BCUT2D eigenvalue weighted by atomic mass is 9.88. The molecule has 2 atom stereocenters. The molecule has 45 heavy (non-hydrogen) atoms. The van der Waals surface area contributed by atoms with Crippen molar-refractivity contribution < 1.29 is 29.2 Å². The second-order valence-electron chi connectivity index (χ2n) is 12.1. The van der Waals surface area contributed by atoms with Crippen LogP contribution in [0.1, 0.15) is 45.5 Å². The molecular weight excluding hydrogens is 568 g/mol. The van der Waals surface area contributed by atoms with Gasteiger partial charge in [-0.2, -0.15) is 0 Å². The van der Waals surface area contributed by atoms with Gasteiger partial charge in [0.15, 0.2) is 34.5 Å². The van der Waals surface area contributed by atoms with Gasteiger partial charge in [0.05, 0.1) is 21.3 Å². The summed E-state index contributed by atoms with van der Waals surface area (Å²) in [4.78, 5) is 4.68. The van der Waals surface area contributed by atoms with Crippen LogP contribution < -0.4 is 18.9 Å². The number of hydrogen-bond donors (Lipinski definition) is 2. The summed E-state index contributed by atoms with van der Waals surface area (Å²) in [6.45, 7) is 1.84. The van der Waals surface area contributed by atoms with Crippen molar-refractivity contribution in [1.29, 1.82) is 0 Å². The van der Waals surface area contributed by atoms with Gasteiger partial charge in [-0.15, -0.1) is 0 Å². The number of benzene rings is 4. The van der Waals surface area contributed by atoms with E-state index in [4.69, 9.17) is 18.9 Å². The summed E-state index contributed by atoms with van der Waals surface area (Å²) >= 11 is 0. The maximum atomic E-state index is 10.9. The summed E-state index contributed by atoms with van der Waals surface area (Å²) in [5.74, 6) is 3.11. The number of likely N-dealkylation sites (N-methyl/N-ethyl adjacent to an activating group) is 2. The molecule has 0 radical (unpaired) electrons. The van der Waals surface area contributed by atoms with Crippen molar-refractivity contribution in [1.82, 2.24) is 9.80 Å². The fourth-order valence-corrected chi connectivity index (χ4v) is 6.71. The minimum absolute atomic E-state index is 0.0514. The Hall–Kier alpha value is -4.40. The van der Waals surface area contributed by atoms with E-state index < -0.39 is 0 Å². The molecule has 0 aliphatic carbocycles. The SMILES string of the molecule is COc1ccc(C[C@H]2c3cc(Oc4cc(C[C@@H]5c6cc(O)c(OC)cc6CCN5C)ccc4O)c(OC)cc3CCN2C)cc1. The van der Waals surface area contributed by atoms with Crippen LogP contribution in [0.5, 0.6) is 40.2 Å².